The number of pyridine rings is 1. The molecule has 0 atom stereocenters. The van der Waals surface area contributed by atoms with Crippen molar-refractivity contribution in [3.8, 4) is 0 Å². The first-order chi connectivity index (χ1) is 8.75. The van der Waals surface area contributed by atoms with Crippen LogP contribution in [0.4, 0.5) is 0 Å². The molecule has 98 valence electrons. The van der Waals surface area contributed by atoms with E-state index in [1.165, 1.54) is 12.8 Å². The molecule has 0 radical (unpaired) electrons. The van der Waals surface area contributed by atoms with Gasteiger partial charge in [0.05, 0.1) is 0 Å². The van der Waals surface area contributed by atoms with Gasteiger partial charge in [0.25, 0.3) is 5.91 Å². The number of halogens is 1. The number of hydrogen-bond donors (Lipinski definition) is 1. The molecule has 0 spiro atoms. The summed E-state index contributed by atoms with van der Waals surface area (Å²) in [6, 6.07) is 5.29. The molecule has 4 nitrogen and oxygen atoms in total. The van der Waals surface area contributed by atoms with Crippen LogP contribution in [-0.4, -0.2) is 30.6 Å². The number of amides is 1. The van der Waals surface area contributed by atoms with E-state index in [-0.39, 0.29) is 5.91 Å². The number of hydrogen-bond acceptors (Lipinski definition) is 3. The highest BCUT2D eigenvalue weighted by molar-refractivity contribution is 9.10. The third-order valence-corrected chi connectivity index (χ3v) is 3.19. The van der Waals surface area contributed by atoms with Crippen LogP contribution in [0.5, 0.6) is 0 Å². The van der Waals surface area contributed by atoms with Gasteiger partial charge in [-0.25, -0.2) is 4.98 Å². The van der Waals surface area contributed by atoms with Crippen LogP contribution in [0.3, 0.4) is 0 Å². The topological polar surface area (TPSA) is 51.2 Å². The normalized spacial score (nSPS) is 14.5. The van der Waals surface area contributed by atoms with E-state index >= 15 is 0 Å². The predicted octanol–water partition coefficient (Wildman–Crippen LogP) is 2.39. The molecular formula is C13H17BrN2O2. The van der Waals surface area contributed by atoms with Crippen molar-refractivity contribution in [3.63, 3.8) is 0 Å². The molecule has 0 aromatic carbocycles. The highest BCUT2D eigenvalue weighted by Gasteiger charge is 2.20. The lowest BCUT2D eigenvalue weighted by Crippen LogP contribution is -2.26. The molecule has 1 saturated carbocycles. The Morgan fingerprint density at radius 2 is 2.33 bits per heavy atom. The summed E-state index contributed by atoms with van der Waals surface area (Å²) < 4.78 is 6.16. The molecule has 1 fully saturated rings. The first kappa shape index (κ1) is 13.5. The summed E-state index contributed by atoms with van der Waals surface area (Å²) in [6.07, 6.45) is 3.46. The zero-order chi connectivity index (χ0) is 12.8. The highest BCUT2D eigenvalue weighted by Crippen LogP contribution is 2.28. The Morgan fingerprint density at radius 3 is 3.06 bits per heavy atom. The van der Waals surface area contributed by atoms with Crippen LogP contribution in [0.1, 0.15) is 29.8 Å². The van der Waals surface area contributed by atoms with Crippen LogP contribution in [-0.2, 0) is 4.74 Å². The summed E-state index contributed by atoms with van der Waals surface area (Å²) in [5.74, 6) is 0.656. The van der Waals surface area contributed by atoms with Crippen molar-refractivity contribution < 1.29 is 9.53 Å². The van der Waals surface area contributed by atoms with Gasteiger partial charge in [0.2, 0.25) is 0 Å². The van der Waals surface area contributed by atoms with Crippen LogP contribution < -0.4 is 5.32 Å². The number of carbonyl (C=O) groups excluding carboxylic acids is 1. The van der Waals surface area contributed by atoms with Gasteiger partial charge in [-0.15, -0.1) is 0 Å². The van der Waals surface area contributed by atoms with E-state index in [4.69, 9.17) is 4.74 Å². The van der Waals surface area contributed by atoms with Gasteiger partial charge in [-0.2, -0.15) is 0 Å². The monoisotopic (exact) mass is 312 g/mol. The van der Waals surface area contributed by atoms with Crippen molar-refractivity contribution >= 4 is 21.8 Å². The number of carbonyl (C=O) groups is 1. The molecule has 18 heavy (non-hydrogen) atoms. The van der Waals surface area contributed by atoms with E-state index in [2.05, 4.69) is 26.2 Å². The molecular weight excluding hydrogens is 296 g/mol. The van der Waals surface area contributed by atoms with Crippen molar-refractivity contribution in [2.75, 3.05) is 19.8 Å². The lowest BCUT2D eigenvalue weighted by atomic mass is 10.3. The summed E-state index contributed by atoms with van der Waals surface area (Å²) in [4.78, 5) is 15.8. The minimum absolute atomic E-state index is 0.140. The van der Waals surface area contributed by atoms with Crippen LogP contribution in [0.25, 0.3) is 0 Å². The molecule has 1 heterocycles. The molecule has 1 aromatic rings. The maximum absolute atomic E-state index is 11.7. The lowest BCUT2D eigenvalue weighted by molar-refractivity contribution is 0.0932. The number of aromatic nitrogens is 1. The Morgan fingerprint density at radius 1 is 1.50 bits per heavy atom. The van der Waals surface area contributed by atoms with E-state index in [0.29, 0.717) is 23.4 Å². The second kappa shape index (κ2) is 6.85. The zero-order valence-electron chi connectivity index (χ0n) is 10.2. The first-order valence-corrected chi connectivity index (χ1v) is 7.03. The maximum atomic E-state index is 11.7. The van der Waals surface area contributed by atoms with Crippen molar-refractivity contribution in [2.24, 2.45) is 5.92 Å². The van der Waals surface area contributed by atoms with Gasteiger partial charge in [-0.05, 0) is 53.2 Å². The van der Waals surface area contributed by atoms with Crippen molar-refractivity contribution in [3.05, 3.63) is 28.5 Å². The second-order valence-corrected chi connectivity index (χ2v) is 5.29. The Balaban J connectivity index is 1.59. The molecule has 5 heteroatoms. The number of nitrogens with zero attached hydrogens (tertiary/aromatic N) is 1. The van der Waals surface area contributed by atoms with Crippen LogP contribution >= 0.6 is 15.9 Å². The molecule has 2 rings (SSSR count). The Kier molecular flexibility index (Phi) is 5.13. The summed E-state index contributed by atoms with van der Waals surface area (Å²) in [5.41, 5.74) is 0.434. The SMILES string of the molecule is O=C(NCCCOCC1CC1)c1cccc(Br)n1. The van der Waals surface area contributed by atoms with Crippen molar-refractivity contribution in [1.82, 2.24) is 10.3 Å². The van der Waals surface area contributed by atoms with Gasteiger partial charge in [-0.1, -0.05) is 6.07 Å². The van der Waals surface area contributed by atoms with Crippen LogP contribution in [0, 0.1) is 5.92 Å². The highest BCUT2D eigenvalue weighted by atomic mass is 79.9. The Labute approximate surface area is 115 Å². The Bertz CT molecular complexity index is 408. The van der Waals surface area contributed by atoms with E-state index in [0.717, 1.165) is 18.9 Å². The van der Waals surface area contributed by atoms with Crippen molar-refractivity contribution in [2.45, 2.75) is 19.3 Å². The predicted molar refractivity (Wildman–Crippen MR) is 72.4 cm³/mol. The Hall–Kier alpha value is -0.940. The van der Waals surface area contributed by atoms with Gasteiger partial charge in [0, 0.05) is 19.8 Å². The quantitative estimate of drug-likeness (QED) is 0.621. The van der Waals surface area contributed by atoms with Gasteiger partial charge in [0.15, 0.2) is 0 Å². The van der Waals surface area contributed by atoms with Gasteiger partial charge >= 0.3 is 0 Å². The minimum atomic E-state index is -0.140. The average molecular weight is 313 g/mol. The minimum Gasteiger partial charge on any atom is -0.381 e. The van der Waals surface area contributed by atoms with E-state index in [1.54, 1.807) is 18.2 Å². The van der Waals surface area contributed by atoms with E-state index < -0.39 is 0 Å². The number of ether oxygens (including phenoxy) is 1. The summed E-state index contributed by atoms with van der Waals surface area (Å²) in [7, 11) is 0. The molecule has 0 saturated heterocycles. The third kappa shape index (κ3) is 4.74. The van der Waals surface area contributed by atoms with Crippen LogP contribution in [0.2, 0.25) is 0 Å². The molecule has 0 bridgehead atoms. The molecule has 1 aliphatic carbocycles. The van der Waals surface area contributed by atoms with Crippen LogP contribution in [0.15, 0.2) is 22.8 Å². The van der Waals surface area contributed by atoms with Gasteiger partial charge in [-0.3, -0.25) is 4.79 Å². The molecule has 0 aliphatic heterocycles. The van der Waals surface area contributed by atoms with Gasteiger partial charge in [0.1, 0.15) is 10.3 Å². The lowest BCUT2D eigenvalue weighted by Gasteiger charge is -2.05. The fourth-order valence-electron chi connectivity index (χ4n) is 1.54. The molecule has 1 aromatic heterocycles. The summed E-state index contributed by atoms with van der Waals surface area (Å²) in [6.45, 7) is 2.21. The van der Waals surface area contributed by atoms with Gasteiger partial charge < -0.3 is 10.1 Å². The molecule has 0 unspecified atom stereocenters. The van der Waals surface area contributed by atoms with E-state index in [9.17, 15) is 4.79 Å². The first-order valence-electron chi connectivity index (χ1n) is 6.24. The zero-order valence-corrected chi connectivity index (χ0v) is 11.8. The smallest absolute Gasteiger partial charge is 0.269 e. The van der Waals surface area contributed by atoms with E-state index in [1.807, 2.05) is 0 Å². The summed E-state index contributed by atoms with van der Waals surface area (Å²) in [5, 5.41) is 2.83. The second-order valence-electron chi connectivity index (χ2n) is 4.47. The molecule has 1 amide bonds. The largest absolute Gasteiger partial charge is 0.381 e. The fourth-order valence-corrected chi connectivity index (χ4v) is 1.88. The molecule has 1 N–H and O–H groups in total. The number of nitrogens with one attached hydrogen (secondary N) is 1. The fraction of sp³-hybridized carbons (Fsp3) is 0.538. The van der Waals surface area contributed by atoms with Crippen molar-refractivity contribution in [1.29, 1.82) is 0 Å². The third-order valence-electron chi connectivity index (χ3n) is 2.75. The summed E-state index contributed by atoms with van der Waals surface area (Å²) >= 11 is 3.24. The average Bonchev–Trinajstić information content (AvgIpc) is 3.17. The number of rotatable bonds is 7. The molecule has 1 aliphatic rings. The standard InChI is InChI=1S/C13H17BrN2O2/c14-12-4-1-3-11(16-12)13(17)15-7-2-8-18-9-10-5-6-10/h1,3-4,10H,2,5-9H2,(H,15,17). The maximum Gasteiger partial charge on any atom is 0.269 e.